The Morgan fingerprint density at radius 1 is 1.31 bits per heavy atom. The predicted octanol–water partition coefficient (Wildman–Crippen LogP) is -1.12. The molecule has 0 bridgehead atoms. The Morgan fingerprint density at radius 3 is 2.23 bits per heavy atom. The molecule has 1 rings (SSSR count). The number of benzene rings is 1. The molecule has 0 aromatic heterocycles. The van der Waals surface area contributed by atoms with Crippen LogP contribution in [0.3, 0.4) is 0 Å². The summed E-state index contributed by atoms with van der Waals surface area (Å²) >= 11 is -2.09. The minimum absolute atomic E-state index is 0. The summed E-state index contributed by atoms with van der Waals surface area (Å²) in [5.41, 5.74) is 1.19. The van der Waals surface area contributed by atoms with Crippen LogP contribution in [0.25, 0.3) is 0 Å². The van der Waals surface area contributed by atoms with E-state index in [0.29, 0.717) is 4.90 Å². The van der Waals surface area contributed by atoms with E-state index in [0.717, 1.165) is 12.8 Å². The van der Waals surface area contributed by atoms with Gasteiger partial charge in [-0.2, -0.15) is 0 Å². The average Bonchev–Trinajstić information content (AvgIpc) is 2.06. The minimum Gasteiger partial charge on any atom is -0.768 e. The molecule has 66 valence electrons. The first-order chi connectivity index (χ1) is 5.74. The van der Waals surface area contributed by atoms with Crippen LogP contribution < -0.4 is 29.6 Å². The number of hydrogen-bond acceptors (Lipinski definition) is 2. The zero-order valence-corrected chi connectivity index (χ0v) is 10.8. The summed E-state index contributed by atoms with van der Waals surface area (Å²) in [6, 6.07) is 6.98. The molecule has 1 unspecified atom stereocenters. The first kappa shape index (κ1) is 13.3. The number of rotatable bonds is 3. The van der Waals surface area contributed by atoms with Crippen molar-refractivity contribution in [2.24, 2.45) is 0 Å². The molecule has 4 heteroatoms. The van der Waals surface area contributed by atoms with E-state index in [1.165, 1.54) is 5.56 Å². The monoisotopic (exact) mass is 206 g/mol. The van der Waals surface area contributed by atoms with Crippen molar-refractivity contribution in [3.05, 3.63) is 29.8 Å². The smallest absolute Gasteiger partial charge is 0.768 e. The van der Waals surface area contributed by atoms with Gasteiger partial charge in [-0.3, -0.25) is 4.21 Å². The summed E-state index contributed by atoms with van der Waals surface area (Å²) < 4.78 is 20.9. The molecule has 1 aromatic carbocycles. The van der Waals surface area contributed by atoms with Crippen LogP contribution in [0.4, 0.5) is 0 Å². The summed E-state index contributed by atoms with van der Waals surface area (Å²) in [4.78, 5) is 0.356. The maximum Gasteiger partial charge on any atom is 1.00 e. The van der Waals surface area contributed by atoms with E-state index in [1.807, 2.05) is 12.1 Å². The molecule has 0 heterocycles. The SMILES string of the molecule is CCCc1ccc(S(=O)[O-])cc1.[Na+]. The van der Waals surface area contributed by atoms with Crippen LogP contribution in [0.2, 0.25) is 0 Å². The van der Waals surface area contributed by atoms with Gasteiger partial charge in [0.2, 0.25) is 0 Å². The van der Waals surface area contributed by atoms with E-state index in [4.69, 9.17) is 0 Å². The van der Waals surface area contributed by atoms with Gasteiger partial charge in [-0.25, -0.2) is 0 Å². The molecule has 0 aliphatic heterocycles. The van der Waals surface area contributed by atoms with Crippen molar-refractivity contribution in [1.29, 1.82) is 0 Å². The zero-order chi connectivity index (χ0) is 8.97. The fourth-order valence-electron chi connectivity index (χ4n) is 1.06. The van der Waals surface area contributed by atoms with Crippen molar-refractivity contribution in [2.75, 3.05) is 0 Å². The van der Waals surface area contributed by atoms with Crippen molar-refractivity contribution < 1.29 is 38.3 Å². The van der Waals surface area contributed by atoms with Crippen molar-refractivity contribution in [2.45, 2.75) is 24.7 Å². The fourth-order valence-corrected chi connectivity index (χ4v) is 1.41. The molecule has 0 radical (unpaired) electrons. The quantitative estimate of drug-likeness (QED) is 0.464. The fraction of sp³-hybridized carbons (Fsp3) is 0.333. The first-order valence-corrected chi connectivity index (χ1v) is 4.99. The van der Waals surface area contributed by atoms with Crippen molar-refractivity contribution in [1.82, 2.24) is 0 Å². The second-order valence-corrected chi connectivity index (χ2v) is 3.57. The van der Waals surface area contributed by atoms with Gasteiger partial charge in [-0.15, -0.1) is 0 Å². The first-order valence-electron chi connectivity index (χ1n) is 3.92. The minimum atomic E-state index is -2.09. The van der Waals surface area contributed by atoms with Crippen LogP contribution in [-0.2, 0) is 17.5 Å². The standard InChI is InChI=1S/C9H12O2S.Na/c1-2-3-8-4-6-9(7-5-8)12(10)11;/h4-7H,2-3H2,1H3,(H,10,11);/q;+1/p-1. The molecular formula is C9H11NaO2S. The largest absolute Gasteiger partial charge is 1.00 e. The van der Waals surface area contributed by atoms with Crippen LogP contribution in [0.5, 0.6) is 0 Å². The Hall–Kier alpha value is 0.330. The van der Waals surface area contributed by atoms with E-state index in [2.05, 4.69) is 6.92 Å². The Kier molecular flexibility index (Phi) is 6.91. The van der Waals surface area contributed by atoms with Gasteiger partial charge in [-0.1, -0.05) is 25.5 Å². The Labute approximate surface area is 103 Å². The molecule has 0 fully saturated rings. The Balaban J connectivity index is 0.00000144. The molecular weight excluding hydrogens is 195 g/mol. The third kappa shape index (κ3) is 4.38. The summed E-state index contributed by atoms with van der Waals surface area (Å²) in [5, 5.41) is 0. The van der Waals surface area contributed by atoms with Gasteiger partial charge < -0.3 is 4.55 Å². The van der Waals surface area contributed by atoms with Crippen LogP contribution in [0.1, 0.15) is 18.9 Å². The maximum atomic E-state index is 10.5. The molecule has 2 nitrogen and oxygen atoms in total. The van der Waals surface area contributed by atoms with Crippen LogP contribution in [0, 0.1) is 0 Å². The second-order valence-electron chi connectivity index (χ2n) is 2.63. The third-order valence-electron chi connectivity index (χ3n) is 1.65. The van der Waals surface area contributed by atoms with Gasteiger partial charge in [0.1, 0.15) is 0 Å². The van der Waals surface area contributed by atoms with E-state index < -0.39 is 11.1 Å². The second kappa shape index (κ2) is 6.74. The van der Waals surface area contributed by atoms with Gasteiger partial charge in [0, 0.05) is 4.90 Å². The summed E-state index contributed by atoms with van der Waals surface area (Å²) in [6.45, 7) is 2.10. The molecule has 13 heavy (non-hydrogen) atoms. The van der Waals surface area contributed by atoms with E-state index >= 15 is 0 Å². The van der Waals surface area contributed by atoms with E-state index in [1.54, 1.807) is 12.1 Å². The molecule has 0 aliphatic rings. The Bertz CT molecular complexity index is 271. The molecule has 0 spiro atoms. The van der Waals surface area contributed by atoms with Gasteiger partial charge in [0.25, 0.3) is 0 Å². The number of aryl methyl sites for hydroxylation is 1. The third-order valence-corrected chi connectivity index (χ3v) is 2.31. The van der Waals surface area contributed by atoms with E-state index in [-0.39, 0.29) is 29.6 Å². The topological polar surface area (TPSA) is 40.1 Å². The summed E-state index contributed by atoms with van der Waals surface area (Å²) in [5.74, 6) is 0. The van der Waals surface area contributed by atoms with Gasteiger partial charge >= 0.3 is 29.6 Å². The Morgan fingerprint density at radius 2 is 1.85 bits per heavy atom. The molecule has 1 atom stereocenters. The normalized spacial score (nSPS) is 11.8. The predicted molar refractivity (Wildman–Crippen MR) is 47.6 cm³/mol. The van der Waals surface area contributed by atoms with Crippen molar-refractivity contribution in [3.63, 3.8) is 0 Å². The molecule has 0 saturated carbocycles. The molecule has 0 saturated heterocycles. The zero-order valence-electron chi connectivity index (χ0n) is 7.95. The van der Waals surface area contributed by atoms with Crippen molar-refractivity contribution in [3.8, 4) is 0 Å². The molecule has 1 aromatic rings. The van der Waals surface area contributed by atoms with Gasteiger partial charge in [0.15, 0.2) is 0 Å². The van der Waals surface area contributed by atoms with Gasteiger partial charge in [-0.05, 0) is 35.2 Å². The maximum absolute atomic E-state index is 10.5. The van der Waals surface area contributed by atoms with Crippen LogP contribution >= 0.6 is 0 Å². The van der Waals surface area contributed by atoms with Crippen LogP contribution in [-0.4, -0.2) is 8.76 Å². The van der Waals surface area contributed by atoms with Crippen LogP contribution in [0.15, 0.2) is 29.2 Å². The molecule has 0 aliphatic carbocycles. The van der Waals surface area contributed by atoms with E-state index in [9.17, 15) is 8.76 Å². The summed E-state index contributed by atoms with van der Waals surface area (Å²) in [6.07, 6.45) is 2.09. The summed E-state index contributed by atoms with van der Waals surface area (Å²) in [7, 11) is 0. The van der Waals surface area contributed by atoms with Gasteiger partial charge in [0.05, 0.1) is 0 Å². The average molecular weight is 206 g/mol. The molecule has 0 amide bonds. The molecule has 0 N–H and O–H groups in total. The van der Waals surface area contributed by atoms with Crippen molar-refractivity contribution >= 4 is 11.1 Å². The number of hydrogen-bond donors (Lipinski definition) is 0.